The summed E-state index contributed by atoms with van der Waals surface area (Å²) < 4.78 is 32.6. The number of alkyl halides is 2. The van der Waals surface area contributed by atoms with Crippen LogP contribution in [0.2, 0.25) is 5.02 Å². The van der Waals surface area contributed by atoms with Gasteiger partial charge in [-0.2, -0.15) is 0 Å². The number of aliphatic imine (C=N–C) groups is 1. The van der Waals surface area contributed by atoms with Gasteiger partial charge in [0.25, 0.3) is 6.43 Å². The van der Waals surface area contributed by atoms with Gasteiger partial charge in [0.1, 0.15) is 17.2 Å². The van der Waals surface area contributed by atoms with Crippen LogP contribution in [0.3, 0.4) is 0 Å². The summed E-state index contributed by atoms with van der Waals surface area (Å²) in [5.74, 6) is 0.631. The van der Waals surface area contributed by atoms with Crippen molar-refractivity contribution in [3.05, 3.63) is 58.4 Å². The van der Waals surface area contributed by atoms with E-state index in [4.69, 9.17) is 22.1 Å². The van der Waals surface area contributed by atoms with Gasteiger partial charge in [0.2, 0.25) is 5.88 Å². The van der Waals surface area contributed by atoms with Crippen molar-refractivity contribution < 1.29 is 13.5 Å². The largest absolute Gasteiger partial charge is 0.478 e. The monoisotopic (exact) mass is 400 g/mol. The van der Waals surface area contributed by atoms with E-state index in [2.05, 4.69) is 19.2 Å². The van der Waals surface area contributed by atoms with Gasteiger partial charge in [0.15, 0.2) is 0 Å². The zero-order valence-electron chi connectivity index (χ0n) is 14.4. The highest BCUT2D eigenvalue weighted by Gasteiger charge is 2.14. The predicted molar refractivity (Wildman–Crippen MR) is 103 cm³/mol. The fraction of sp³-hybridized carbons (Fsp3) is 0.294. The summed E-state index contributed by atoms with van der Waals surface area (Å²) in [4.78, 5) is 8.36. The van der Waals surface area contributed by atoms with Crippen LogP contribution in [-0.4, -0.2) is 21.6 Å². The van der Waals surface area contributed by atoms with Gasteiger partial charge in [0, 0.05) is 16.8 Å². The van der Waals surface area contributed by atoms with Gasteiger partial charge in [-0.3, -0.25) is 0 Å². The highest BCUT2D eigenvalue weighted by molar-refractivity contribution is 7.40. The topological polar surface area (TPSA) is 65.4 Å². The Labute approximate surface area is 158 Å². The fourth-order valence-corrected chi connectivity index (χ4v) is 2.79. The smallest absolute Gasteiger partial charge is 0.281 e. The molecule has 1 aromatic carbocycles. The van der Waals surface area contributed by atoms with Crippen molar-refractivity contribution >= 4 is 32.0 Å². The molecule has 1 aromatic heterocycles. The number of hydrogen-bond acceptors (Lipinski definition) is 4. The Morgan fingerprint density at radius 1 is 1.46 bits per heavy atom. The summed E-state index contributed by atoms with van der Waals surface area (Å²) in [5, 5.41) is 0.539. The molecule has 26 heavy (non-hydrogen) atoms. The minimum absolute atomic E-state index is 0.158. The molecule has 2 aromatic rings. The maximum absolute atomic E-state index is 12.8. The second-order valence-electron chi connectivity index (χ2n) is 5.40. The average Bonchev–Trinajstić information content (AvgIpc) is 2.94. The van der Waals surface area contributed by atoms with Crippen LogP contribution in [0.15, 0.2) is 41.3 Å². The van der Waals surface area contributed by atoms with E-state index in [-0.39, 0.29) is 18.1 Å². The number of rotatable bonds is 7. The van der Waals surface area contributed by atoms with E-state index < -0.39 is 6.43 Å². The Kier molecular flexibility index (Phi) is 7.12. The van der Waals surface area contributed by atoms with E-state index in [0.717, 1.165) is 0 Å². The normalized spacial score (nSPS) is 13.1. The molecule has 0 spiro atoms. The summed E-state index contributed by atoms with van der Waals surface area (Å²) in [6, 6.07) is 7.06. The Balaban J connectivity index is 2.36. The first-order valence-electron chi connectivity index (χ1n) is 7.85. The van der Waals surface area contributed by atoms with Crippen molar-refractivity contribution in [1.82, 2.24) is 9.55 Å². The van der Waals surface area contributed by atoms with Crippen LogP contribution in [0, 0.1) is 6.92 Å². The van der Waals surface area contributed by atoms with E-state index in [9.17, 15) is 8.78 Å². The van der Waals surface area contributed by atoms with Crippen LogP contribution in [0.4, 0.5) is 8.78 Å². The highest BCUT2D eigenvalue weighted by atomic mass is 35.5. The molecule has 2 rings (SSSR count). The molecule has 0 saturated heterocycles. The third kappa shape index (κ3) is 5.26. The van der Waals surface area contributed by atoms with Crippen molar-refractivity contribution in [2.24, 2.45) is 10.7 Å². The van der Waals surface area contributed by atoms with Crippen LogP contribution in [0.1, 0.15) is 30.4 Å². The van der Waals surface area contributed by atoms with Gasteiger partial charge in [0.05, 0.1) is 18.6 Å². The Morgan fingerprint density at radius 2 is 2.19 bits per heavy atom. The van der Waals surface area contributed by atoms with Gasteiger partial charge < -0.3 is 15.0 Å². The number of imidazole rings is 1. The molecule has 0 saturated carbocycles. The molecule has 0 aliphatic rings. The Bertz CT molecular complexity index is 836. The molecule has 1 unspecified atom stereocenters. The van der Waals surface area contributed by atoms with Crippen molar-refractivity contribution in [2.75, 3.05) is 6.61 Å². The second kappa shape index (κ2) is 9.10. The molecular weight excluding hydrogens is 381 g/mol. The number of nitrogens with zero attached hydrogens (tertiary/aromatic N) is 3. The standard InChI is InChI=1S/C17H20ClF2N4OP/c1-3-25-17(21)15(11-5-4-6-12(18)7-11)23-14(26)9-24-8-13(16(19)20)22-10(24)2/h4-8,16H,3,9,21,26H2,1-2H3/b17-15+,23-14?. The maximum atomic E-state index is 12.8. The number of benzene rings is 1. The van der Waals surface area contributed by atoms with Gasteiger partial charge in [-0.05, 0) is 26.0 Å². The highest BCUT2D eigenvalue weighted by Crippen LogP contribution is 2.24. The molecular formula is C17H20ClF2N4OP. The molecule has 2 N–H and O–H groups in total. The predicted octanol–water partition coefficient (Wildman–Crippen LogP) is 4.38. The number of aromatic nitrogens is 2. The van der Waals surface area contributed by atoms with E-state index in [1.807, 2.05) is 13.0 Å². The maximum Gasteiger partial charge on any atom is 0.281 e. The molecule has 5 nitrogen and oxygen atoms in total. The summed E-state index contributed by atoms with van der Waals surface area (Å²) >= 11 is 6.05. The van der Waals surface area contributed by atoms with Gasteiger partial charge in [-0.25, -0.2) is 18.8 Å². The first-order valence-corrected chi connectivity index (χ1v) is 8.80. The Hall–Kier alpha value is -1.98. The molecule has 1 atom stereocenters. The quantitative estimate of drug-likeness (QED) is 0.426. The van der Waals surface area contributed by atoms with Crippen LogP contribution in [0.25, 0.3) is 5.70 Å². The molecule has 0 aliphatic heterocycles. The van der Waals surface area contributed by atoms with E-state index >= 15 is 0 Å². The number of ether oxygens (including phenoxy) is 1. The lowest BCUT2D eigenvalue weighted by atomic mass is 10.1. The van der Waals surface area contributed by atoms with Crippen molar-refractivity contribution in [1.29, 1.82) is 0 Å². The number of nitrogens with two attached hydrogens (primary N) is 1. The first-order chi connectivity index (χ1) is 12.3. The summed E-state index contributed by atoms with van der Waals surface area (Å²) in [7, 11) is 2.49. The summed E-state index contributed by atoms with van der Waals surface area (Å²) in [6.07, 6.45) is -1.30. The Morgan fingerprint density at radius 3 is 2.77 bits per heavy atom. The van der Waals surface area contributed by atoms with Gasteiger partial charge in [-0.15, -0.1) is 0 Å². The lowest BCUT2D eigenvalue weighted by Crippen LogP contribution is -2.09. The molecule has 9 heteroatoms. The molecule has 0 radical (unpaired) electrons. The molecule has 0 fully saturated rings. The molecule has 140 valence electrons. The average molecular weight is 401 g/mol. The fourth-order valence-electron chi connectivity index (χ4n) is 2.27. The third-order valence-corrected chi connectivity index (χ3v) is 3.98. The zero-order valence-corrected chi connectivity index (χ0v) is 16.3. The minimum atomic E-state index is -2.62. The first kappa shape index (κ1) is 20.3. The van der Waals surface area contributed by atoms with Gasteiger partial charge in [-0.1, -0.05) is 33.0 Å². The number of aryl methyl sites for hydroxylation is 1. The van der Waals surface area contributed by atoms with E-state index in [1.54, 1.807) is 29.7 Å². The van der Waals surface area contributed by atoms with E-state index in [1.165, 1.54) is 6.20 Å². The molecule has 1 heterocycles. The SMILES string of the molecule is CCO/C(N)=C(/N=C(P)Cn1cc(C(F)F)nc1C)c1cccc(Cl)c1. The lowest BCUT2D eigenvalue weighted by molar-refractivity contribution is 0.146. The van der Waals surface area contributed by atoms with Crippen molar-refractivity contribution in [2.45, 2.75) is 26.8 Å². The summed E-state index contributed by atoms with van der Waals surface area (Å²) in [6.45, 7) is 4.12. The zero-order chi connectivity index (χ0) is 19.3. The van der Waals surface area contributed by atoms with Crippen molar-refractivity contribution in [3.8, 4) is 0 Å². The second-order valence-corrected chi connectivity index (χ2v) is 6.50. The minimum Gasteiger partial charge on any atom is -0.478 e. The molecule has 0 bridgehead atoms. The number of hydrogen-bond donors (Lipinski definition) is 1. The number of halogens is 3. The van der Waals surface area contributed by atoms with Crippen LogP contribution < -0.4 is 5.73 Å². The van der Waals surface area contributed by atoms with E-state index in [0.29, 0.717) is 34.2 Å². The van der Waals surface area contributed by atoms with Crippen LogP contribution in [0.5, 0.6) is 0 Å². The molecule has 0 aliphatic carbocycles. The van der Waals surface area contributed by atoms with Crippen molar-refractivity contribution in [3.63, 3.8) is 0 Å². The summed E-state index contributed by atoms with van der Waals surface area (Å²) in [5.41, 5.74) is 7.43. The van der Waals surface area contributed by atoms with Gasteiger partial charge >= 0.3 is 0 Å². The molecule has 0 amide bonds. The third-order valence-electron chi connectivity index (χ3n) is 3.44. The lowest BCUT2D eigenvalue weighted by Gasteiger charge is -2.11. The van der Waals surface area contributed by atoms with Crippen LogP contribution in [-0.2, 0) is 11.3 Å². The van der Waals surface area contributed by atoms with Crippen LogP contribution >= 0.6 is 20.8 Å².